The molecule has 2 rings (SSSR count). The van der Waals surface area contributed by atoms with Crippen molar-refractivity contribution in [3.63, 3.8) is 0 Å². The molecule has 110 valence electrons. The Kier molecular flexibility index (Phi) is 4.81. The highest BCUT2D eigenvalue weighted by Gasteiger charge is 2.07. The molecule has 0 radical (unpaired) electrons. The van der Waals surface area contributed by atoms with Gasteiger partial charge in [0.25, 0.3) is 5.91 Å². The molecule has 4 nitrogen and oxygen atoms in total. The van der Waals surface area contributed by atoms with E-state index in [4.69, 9.17) is 0 Å². The molecule has 0 aliphatic heterocycles. The van der Waals surface area contributed by atoms with Gasteiger partial charge in [-0.15, -0.1) is 0 Å². The number of anilines is 2. The third-order valence-corrected chi connectivity index (χ3v) is 2.74. The van der Waals surface area contributed by atoms with Gasteiger partial charge in [0.05, 0.1) is 11.9 Å². The second-order valence-electron chi connectivity index (χ2n) is 4.44. The van der Waals surface area contributed by atoms with Crippen LogP contribution in [0.3, 0.4) is 0 Å². The maximum Gasteiger partial charge on any atom is 0.269 e. The molecule has 2 aromatic rings. The van der Waals surface area contributed by atoms with E-state index in [1.807, 2.05) is 6.92 Å². The summed E-state index contributed by atoms with van der Waals surface area (Å²) in [5.74, 6) is -2.07. The van der Waals surface area contributed by atoms with Gasteiger partial charge in [-0.3, -0.25) is 4.79 Å². The van der Waals surface area contributed by atoms with Gasteiger partial charge < -0.3 is 10.6 Å². The Morgan fingerprint density at radius 2 is 1.90 bits per heavy atom. The fourth-order valence-corrected chi connectivity index (χ4v) is 1.67. The molecule has 1 aromatic heterocycles. The molecule has 0 aliphatic carbocycles. The number of carbonyl (C=O) groups excluding carboxylic acids is 1. The van der Waals surface area contributed by atoms with Gasteiger partial charge >= 0.3 is 0 Å². The predicted octanol–water partition coefficient (Wildman–Crippen LogP) is 3.24. The van der Waals surface area contributed by atoms with Crippen LogP contribution in [0.25, 0.3) is 0 Å². The van der Waals surface area contributed by atoms with E-state index in [1.54, 1.807) is 12.1 Å². The first-order chi connectivity index (χ1) is 10.1. The minimum atomic E-state index is -0.927. The number of carbonyl (C=O) groups is 1. The van der Waals surface area contributed by atoms with Crippen molar-refractivity contribution in [3.05, 3.63) is 53.9 Å². The van der Waals surface area contributed by atoms with E-state index in [0.29, 0.717) is 23.6 Å². The third-order valence-electron chi connectivity index (χ3n) is 2.74. The van der Waals surface area contributed by atoms with Crippen LogP contribution in [-0.2, 0) is 0 Å². The fraction of sp³-hybridized carbons (Fsp3) is 0.200. The number of amides is 1. The molecular formula is C15H15F2N3O. The van der Waals surface area contributed by atoms with Crippen LogP contribution in [-0.4, -0.2) is 17.4 Å². The maximum atomic E-state index is 13.1. The average Bonchev–Trinajstić information content (AvgIpc) is 2.49. The average molecular weight is 291 g/mol. The molecule has 0 fully saturated rings. The van der Waals surface area contributed by atoms with Crippen LogP contribution in [0.2, 0.25) is 0 Å². The van der Waals surface area contributed by atoms with Crippen LogP contribution in [0.5, 0.6) is 0 Å². The standard InChI is InChI=1S/C15H15F2N3O/c1-2-7-18-15(21)14-6-4-11(9-19-14)20-10-3-5-12(16)13(17)8-10/h3-6,8-9,20H,2,7H2,1H3,(H,18,21). The number of benzene rings is 1. The van der Waals surface area contributed by atoms with Crippen molar-refractivity contribution >= 4 is 17.3 Å². The maximum absolute atomic E-state index is 13.1. The SMILES string of the molecule is CCCNC(=O)c1ccc(Nc2ccc(F)c(F)c2)cn1. The van der Waals surface area contributed by atoms with Crippen LogP contribution in [0, 0.1) is 11.6 Å². The van der Waals surface area contributed by atoms with Gasteiger partial charge in [-0.1, -0.05) is 6.92 Å². The summed E-state index contributed by atoms with van der Waals surface area (Å²) >= 11 is 0. The van der Waals surface area contributed by atoms with E-state index in [-0.39, 0.29) is 5.91 Å². The lowest BCUT2D eigenvalue weighted by atomic mass is 10.2. The highest BCUT2D eigenvalue weighted by atomic mass is 19.2. The summed E-state index contributed by atoms with van der Waals surface area (Å²) in [5.41, 5.74) is 1.28. The third kappa shape index (κ3) is 3.98. The Morgan fingerprint density at radius 1 is 1.14 bits per heavy atom. The molecule has 21 heavy (non-hydrogen) atoms. The topological polar surface area (TPSA) is 54.0 Å². The molecular weight excluding hydrogens is 276 g/mol. The van der Waals surface area contributed by atoms with E-state index in [2.05, 4.69) is 15.6 Å². The summed E-state index contributed by atoms with van der Waals surface area (Å²) in [6.45, 7) is 2.55. The Hall–Kier alpha value is -2.50. The monoisotopic (exact) mass is 291 g/mol. The molecule has 0 saturated heterocycles. The van der Waals surface area contributed by atoms with E-state index in [0.717, 1.165) is 18.6 Å². The second kappa shape index (κ2) is 6.78. The summed E-state index contributed by atoms with van der Waals surface area (Å²) in [4.78, 5) is 15.7. The largest absolute Gasteiger partial charge is 0.354 e. The van der Waals surface area contributed by atoms with E-state index >= 15 is 0 Å². The number of hydrogen-bond donors (Lipinski definition) is 2. The molecule has 0 aliphatic rings. The Morgan fingerprint density at radius 3 is 2.52 bits per heavy atom. The molecule has 0 spiro atoms. The Bertz CT molecular complexity index is 629. The first-order valence-electron chi connectivity index (χ1n) is 6.56. The molecule has 0 bridgehead atoms. The summed E-state index contributed by atoms with van der Waals surface area (Å²) < 4.78 is 25.9. The second-order valence-corrected chi connectivity index (χ2v) is 4.44. The van der Waals surface area contributed by atoms with Crippen molar-refractivity contribution in [1.82, 2.24) is 10.3 Å². The molecule has 1 amide bonds. The van der Waals surface area contributed by atoms with Gasteiger partial charge in [0.2, 0.25) is 0 Å². The zero-order valence-electron chi connectivity index (χ0n) is 11.5. The van der Waals surface area contributed by atoms with Crippen molar-refractivity contribution in [3.8, 4) is 0 Å². The summed E-state index contributed by atoms with van der Waals surface area (Å²) in [7, 11) is 0. The summed E-state index contributed by atoms with van der Waals surface area (Å²) in [5, 5.41) is 5.60. The lowest BCUT2D eigenvalue weighted by Gasteiger charge is -2.07. The molecule has 6 heteroatoms. The fourth-order valence-electron chi connectivity index (χ4n) is 1.67. The normalized spacial score (nSPS) is 10.2. The molecule has 1 heterocycles. The Balaban J connectivity index is 2.05. The number of pyridine rings is 1. The van der Waals surface area contributed by atoms with E-state index < -0.39 is 11.6 Å². The van der Waals surface area contributed by atoms with Crippen LogP contribution in [0.1, 0.15) is 23.8 Å². The van der Waals surface area contributed by atoms with Gasteiger partial charge in [-0.2, -0.15) is 0 Å². The molecule has 0 atom stereocenters. The number of nitrogens with one attached hydrogen (secondary N) is 2. The minimum absolute atomic E-state index is 0.240. The van der Waals surface area contributed by atoms with Crippen LogP contribution >= 0.6 is 0 Å². The molecule has 0 saturated carbocycles. The van der Waals surface area contributed by atoms with Crippen molar-refractivity contribution < 1.29 is 13.6 Å². The van der Waals surface area contributed by atoms with Gasteiger partial charge in [0, 0.05) is 18.3 Å². The van der Waals surface area contributed by atoms with Crippen LogP contribution < -0.4 is 10.6 Å². The molecule has 0 unspecified atom stereocenters. The van der Waals surface area contributed by atoms with Crippen molar-refractivity contribution in [2.45, 2.75) is 13.3 Å². The number of nitrogens with zero attached hydrogens (tertiary/aromatic N) is 1. The number of hydrogen-bond acceptors (Lipinski definition) is 3. The van der Waals surface area contributed by atoms with Crippen LogP contribution in [0.15, 0.2) is 36.5 Å². The molecule has 1 aromatic carbocycles. The number of aromatic nitrogens is 1. The minimum Gasteiger partial charge on any atom is -0.354 e. The highest BCUT2D eigenvalue weighted by Crippen LogP contribution is 2.18. The van der Waals surface area contributed by atoms with Gasteiger partial charge in [-0.25, -0.2) is 13.8 Å². The first-order valence-corrected chi connectivity index (χ1v) is 6.56. The number of halogens is 2. The van der Waals surface area contributed by atoms with Gasteiger partial charge in [-0.05, 0) is 30.7 Å². The summed E-state index contributed by atoms with van der Waals surface area (Å²) in [6, 6.07) is 6.72. The zero-order valence-corrected chi connectivity index (χ0v) is 11.5. The van der Waals surface area contributed by atoms with Crippen molar-refractivity contribution in [1.29, 1.82) is 0 Å². The summed E-state index contributed by atoms with van der Waals surface area (Å²) in [6.07, 6.45) is 2.31. The number of rotatable bonds is 5. The lowest BCUT2D eigenvalue weighted by molar-refractivity contribution is 0.0949. The Labute approximate surface area is 121 Å². The van der Waals surface area contributed by atoms with Crippen molar-refractivity contribution in [2.75, 3.05) is 11.9 Å². The predicted molar refractivity (Wildman–Crippen MR) is 76.5 cm³/mol. The van der Waals surface area contributed by atoms with Gasteiger partial charge in [0.1, 0.15) is 5.69 Å². The lowest BCUT2D eigenvalue weighted by Crippen LogP contribution is -2.24. The van der Waals surface area contributed by atoms with Crippen molar-refractivity contribution in [2.24, 2.45) is 0 Å². The smallest absolute Gasteiger partial charge is 0.269 e. The zero-order chi connectivity index (χ0) is 15.2. The van der Waals surface area contributed by atoms with Crippen LogP contribution in [0.4, 0.5) is 20.2 Å². The van der Waals surface area contributed by atoms with Gasteiger partial charge in [0.15, 0.2) is 11.6 Å². The quantitative estimate of drug-likeness (QED) is 0.889. The highest BCUT2D eigenvalue weighted by molar-refractivity contribution is 5.92. The first kappa shape index (κ1) is 14.9. The van der Waals surface area contributed by atoms with E-state index in [1.165, 1.54) is 12.3 Å². The van der Waals surface area contributed by atoms with E-state index in [9.17, 15) is 13.6 Å². The molecule has 2 N–H and O–H groups in total.